The summed E-state index contributed by atoms with van der Waals surface area (Å²) in [6, 6.07) is 17.7. The molecule has 2 aromatic carbocycles. The first kappa shape index (κ1) is 25.5. The number of aryl methyl sites for hydroxylation is 1. The molecule has 0 amide bonds. The van der Waals surface area contributed by atoms with Crippen LogP contribution in [0, 0.1) is 0 Å². The van der Waals surface area contributed by atoms with E-state index < -0.39 is 7.60 Å². The summed E-state index contributed by atoms with van der Waals surface area (Å²) in [4.78, 5) is 17.9. The van der Waals surface area contributed by atoms with Gasteiger partial charge in [-0.3, -0.25) is 4.57 Å². The molecule has 0 radical (unpaired) electrons. The van der Waals surface area contributed by atoms with Crippen LogP contribution in [0.25, 0.3) is 11.3 Å². The SMILES string of the molecule is O=P(O)(O)CCCNCc1ccc(OCCCCCc2cccc(Cl)c2)c(-c2ccco2)c1. The molecule has 0 unspecified atom stereocenters. The summed E-state index contributed by atoms with van der Waals surface area (Å²) in [6.07, 6.45) is 6.08. The molecule has 8 heteroatoms. The summed E-state index contributed by atoms with van der Waals surface area (Å²) >= 11 is 6.04. The van der Waals surface area contributed by atoms with Crippen molar-refractivity contribution in [3.63, 3.8) is 0 Å². The summed E-state index contributed by atoms with van der Waals surface area (Å²) in [5, 5.41) is 4.01. The first-order chi connectivity index (χ1) is 15.9. The fraction of sp³-hybridized carbons (Fsp3) is 0.360. The fourth-order valence-electron chi connectivity index (χ4n) is 3.56. The van der Waals surface area contributed by atoms with E-state index in [2.05, 4.69) is 11.4 Å². The van der Waals surface area contributed by atoms with Crippen LogP contribution >= 0.6 is 19.2 Å². The monoisotopic (exact) mass is 491 g/mol. The lowest BCUT2D eigenvalue weighted by molar-refractivity contribution is 0.305. The van der Waals surface area contributed by atoms with Crippen molar-refractivity contribution in [1.29, 1.82) is 0 Å². The van der Waals surface area contributed by atoms with Crippen molar-refractivity contribution >= 4 is 19.2 Å². The zero-order chi connectivity index (χ0) is 23.5. The third kappa shape index (κ3) is 9.36. The van der Waals surface area contributed by atoms with E-state index in [1.807, 2.05) is 48.5 Å². The van der Waals surface area contributed by atoms with Crippen LogP contribution in [0.2, 0.25) is 5.02 Å². The molecule has 0 saturated carbocycles. The lowest BCUT2D eigenvalue weighted by atomic mass is 10.1. The van der Waals surface area contributed by atoms with Gasteiger partial charge >= 0.3 is 7.60 Å². The number of hydrogen-bond donors (Lipinski definition) is 3. The summed E-state index contributed by atoms with van der Waals surface area (Å²) in [5.41, 5.74) is 3.20. The Morgan fingerprint density at radius 1 is 0.970 bits per heavy atom. The Balaban J connectivity index is 1.47. The normalized spacial score (nSPS) is 11.6. The average molecular weight is 492 g/mol. The maximum absolute atomic E-state index is 10.9. The predicted octanol–water partition coefficient (Wildman–Crippen LogP) is 6.05. The van der Waals surface area contributed by atoms with Gasteiger partial charge in [-0.25, -0.2) is 0 Å². The zero-order valence-corrected chi connectivity index (χ0v) is 20.2. The van der Waals surface area contributed by atoms with Crippen LogP contribution in [-0.2, 0) is 17.5 Å². The molecule has 6 nitrogen and oxygen atoms in total. The molecule has 0 aliphatic rings. The Hall–Kier alpha value is -2.08. The highest BCUT2D eigenvalue weighted by Crippen LogP contribution is 2.34. The van der Waals surface area contributed by atoms with Crippen LogP contribution in [-0.4, -0.2) is 29.1 Å². The topological polar surface area (TPSA) is 91.9 Å². The smallest absolute Gasteiger partial charge is 0.325 e. The number of benzene rings is 2. The second-order valence-electron chi connectivity index (χ2n) is 8.02. The van der Waals surface area contributed by atoms with Crippen molar-refractivity contribution in [2.45, 2.75) is 38.6 Å². The Bertz CT molecular complexity index is 1040. The number of hydrogen-bond acceptors (Lipinski definition) is 4. The van der Waals surface area contributed by atoms with Crippen molar-refractivity contribution in [1.82, 2.24) is 5.32 Å². The highest BCUT2D eigenvalue weighted by molar-refractivity contribution is 7.51. The molecule has 0 fully saturated rings. The summed E-state index contributed by atoms with van der Waals surface area (Å²) in [5.74, 6) is 1.53. The van der Waals surface area contributed by atoms with Crippen molar-refractivity contribution in [2.75, 3.05) is 19.3 Å². The molecular formula is C25H31ClNO5P. The molecule has 3 rings (SSSR count). The minimum absolute atomic E-state index is 0.108. The number of halogens is 1. The maximum Gasteiger partial charge on any atom is 0.325 e. The highest BCUT2D eigenvalue weighted by atomic mass is 35.5. The molecule has 0 saturated heterocycles. The predicted molar refractivity (Wildman–Crippen MR) is 132 cm³/mol. The third-order valence-electron chi connectivity index (χ3n) is 5.22. The van der Waals surface area contributed by atoms with E-state index in [-0.39, 0.29) is 6.16 Å². The summed E-state index contributed by atoms with van der Waals surface area (Å²) in [6.45, 7) is 1.76. The fourth-order valence-corrected chi connectivity index (χ4v) is 4.35. The highest BCUT2D eigenvalue weighted by Gasteiger charge is 2.12. The van der Waals surface area contributed by atoms with Gasteiger partial charge in [0.2, 0.25) is 0 Å². The maximum atomic E-state index is 10.9. The van der Waals surface area contributed by atoms with Gasteiger partial charge in [0.1, 0.15) is 11.5 Å². The van der Waals surface area contributed by atoms with E-state index in [0.29, 0.717) is 26.1 Å². The molecular weight excluding hydrogens is 461 g/mol. The molecule has 178 valence electrons. The molecule has 0 aliphatic carbocycles. The molecule has 0 bridgehead atoms. The average Bonchev–Trinajstić information content (AvgIpc) is 3.30. The van der Waals surface area contributed by atoms with E-state index in [1.165, 1.54) is 5.56 Å². The molecule has 1 aromatic heterocycles. The molecule has 0 spiro atoms. The van der Waals surface area contributed by atoms with Crippen LogP contribution in [0.1, 0.15) is 36.8 Å². The van der Waals surface area contributed by atoms with Crippen molar-refractivity contribution in [3.8, 4) is 17.1 Å². The summed E-state index contributed by atoms with van der Waals surface area (Å²) in [7, 11) is -3.94. The van der Waals surface area contributed by atoms with Gasteiger partial charge in [0.05, 0.1) is 24.6 Å². The standard InChI is InChI=1S/C25H31ClNO5P/c26-22-9-4-8-20(17-22)7-2-1-3-14-31-25-12-11-21(18-23(25)24-10-5-15-32-24)19-27-13-6-16-33(28,29)30/h4-5,8-12,15,17-18,27H,1-3,6-7,13-14,16,19H2,(H2,28,29,30). The number of unbranched alkanes of at least 4 members (excludes halogenated alkanes) is 2. The Morgan fingerprint density at radius 2 is 1.85 bits per heavy atom. The molecule has 3 N–H and O–H groups in total. The van der Waals surface area contributed by atoms with Gasteiger partial charge in [0.25, 0.3) is 0 Å². The van der Waals surface area contributed by atoms with E-state index in [0.717, 1.165) is 53.3 Å². The Morgan fingerprint density at radius 3 is 2.61 bits per heavy atom. The number of furan rings is 1. The lowest BCUT2D eigenvalue weighted by Gasteiger charge is -2.13. The Labute approximate surface area is 200 Å². The number of nitrogens with one attached hydrogen (secondary N) is 1. The second kappa shape index (κ2) is 13.0. The largest absolute Gasteiger partial charge is 0.493 e. The van der Waals surface area contributed by atoms with Gasteiger partial charge in [0, 0.05) is 11.6 Å². The molecule has 0 aliphatic heterocycles. The first-order valence-electron chi connectivity index (χ1n) is 11.2. The van der Waals surface area contributed by atoms with Crippen LogP contribution < -0.4 is 10.1 Å². The third-order valence-corrected chi connectivity index (χ3v) is 6.35. The molecule has 0 atom stereocenters. The quantitative estimate of drug-likeness (QED) is 0.188. The number of rotatable bonds is 14. The summed E-state index contributed by atoms with van der Waals surface area (Å²) < 4.78 is 22.6. The van der Waals surface area contributed by atoms with Gasteiger partial charge < -0.3 is 24.3 Å². The van der Waals surface area contributed by atoms with Gasteiger partial charge in [0.15, 0.2) is 0 Å². The van der Waals surface area contributed by atoms with Gasteiger partial charge in [-0.05, 0) is 86.2 Å². The Kier molecular flexibility index (Phi) is 10.0. The second-order valence-corrected chi connectivity index (χ2v) is 10.2. The van der Waals surface area contributed by atoms with Crippen LogP contribution in [0.15, 0.2) is 65.3 Å². The minimum Gasteiger partial charge on any atom is -0.493 e. The van der Waals surface area contributed by atoms with Crippen LogP contribution in [0.5, 0.6) is 5.75 Å². The lowest BCUT2D eigenvalue weighted by Crippen LogP contribution is -2.16. The molecule has 1 heterocycles. The van der Waals surface area contributed by atoms with Gasteiger partial charge in [-0.1, -0.05) is 29.8 Å². The van der Waals surface area contributed by atoms with Crippen LogP contribution in [0.3, 0.4) is 0 Å². The zero-order valence-electron chi connectivity index (χ0n) is 18.6. The van der Waals surface area contributed by atoms with Gasteiger partial charge in [-0.2, -0.15) is 0 Å². The molecule has 33 heavy (non-hydrogen) atoms. The van der Waals surface area contributed by atoms with Crippen molar-refractivity contribution in [3.05, 3.63) is 77.0 Å². The van der Waals surface area contributed by atoms with Crippen molar-refractivity contribution < 1.29 is 23.5 Å². The minimum atomic E-state index is -3.94. The van der Waals surface area contributed by atoms with E-state index >= 15 is 0 Å². The van der Waals surface area contributed by atoms with E-state index in [9.17, 15) is 4.57 Å². The first-order valence-corrected chi connectivity index (χ1v) is 13.4. The van der Waals surface area contributed by atoms with Crippen molar-refractivity contribution in [2.24, 2.45) is 0 Å². The molecule has 3 aromatic rings. The van der Waals surface area contributed by atoms with Gasteiger partial charge in [-0.15, -0.1) is 0 Å². The van der Waals surface area contributed by atoms with E-state index in [4.69, 9.17) is 30.5 Å². The number of ether oxygens (including phenoxy) is 1. The van der Waals surface area contributed by atoms with Crippen LogP contribution in [0.4, 0.5) is 0 Å². The van der Waals surface area contributed by atoms with E-state index in [1.54, 1.807) is 6.26 Å².